The standard InChI is InChI=1S/C11H23N3O5S/c1-10(2,3)18-8(15)12-7-13-20(17)14-9(16)19-11(4,5)6/h13H,7H2,1-6H3,(H,12,15)(H,14,16). The molecule has 0 bridgehead atoms. The van der Waals surface area contributed by atoms with Crippen LogP contribution < -0.4 is 14.8 Å². The van der Waals surface area contributed by atoms with Crippen LogP contribution in [0.15, 0.2) is 0 Å². The summed E-state index contributed by atoms with van der Waals surface area (Å²) in [5.41, 5.74) is -1.29. The van der Waals surface area contributed by atoms with E-state index in [9.17, 15) is 14.1 Å². The number of ether oxygens (including phenoxy) is 2. The first kappa shape index (κ1) is 18.8. The highest BCUT2D eigenvalue weighted by molar-refractivity contribution is 7.88. The van der Waals surface area contributed by atoms with Crippen LogP contribution in [0, 0.1) is 0 Å². The predicted molar refractivity (Wildman–Crippen MR) is 74.9 cm³/mol. The molecule has 0 aromatic carbocycles. The average Bonchev–Trinajstić information content (AvgIpc) is 2.10. The summed E-state index contributed by atoms with van der Waals surface area (Å²) in [6.07, 6.45) is -1.47. The molecule has 1 atom stereocenters. The predicted octanol–water partition coefficient (Wildman–Crippen LogP) is 1.16. The number of amides is 2. The third kappa shape index (κ3) is 11.9. The van der Waals surface area contributed by atoms with Crippen molar-refractivity contribution in [3.8, 4) is 0 Å². The minimum atomic E-state index is -1.87. The van der Waals surface area contributed by atoms with Gasteiger partial charge in [0, 0.05) is 0 Å². The van der Waals surface area contributed by atoms with Crippen molar-refractivity contribution < 1.29 is 23.6 Å². The number of hydrogen-bond acceptors (Lipinski definition) is 6. The Hall–Kier alpha value is -1.19. The van der Waals surface area contributed by atoms with Crippen molar-refractivity contribution in [2.45, 2.75) is 52.7 Å². The molecule has 0 heterocycles. The Morgan fingerprint density at radius 3 is 1.90 bits per heavy atom. The summed E-state index contributed by atoms with van der Waals surface area (Å²) >= 11 is -1.87. The van der Waals surface area contributed by atoms with Crippen LogP contribution in [0.25, 0.3) is 0 Å². The molecule has 2 amide bonds. The molecule has 0 spiro atoms. The molecule has 0 aliphatic carbocycles. The lowest BCUT2D eigenvalue weighted by Crippen LogP contribution is -2.47. The Morgan fingerprint density at radius 1 is 1.00 bits per heavy atom. The van der Waals surface area contributed by atoms with Crippen LogP contribution in [0.2, 0.25) is 0 Å². The quantitative estimate of drug-likeness (QED) is 0.531. The largest absolute Gasteiger partial charge is 0.573 e. The van der Waals surface area contributed by atoms with E-state index in [4.69, 9.17) is 9.47 Å². The number of rotatable bonds is 4. The van der Waals surface area contributed by atoms with E-state index < -0.39 is 34.9 Å². The molecule has 20 heavy (non-hydrogen) atoms. The summed E-state index contributed by atoms with van der Waals surface area (Å²) in [6.45, 7) is 10.1. The Bertz CT molecular complexity index is 338. The first-order valence-electron chi connectivity index (χ1n) is 6.01. The van der Waals surface area contributed by atoms with Crippen molar-refractivity contribution in [3.05, 3.63) is 0 Å². The highest BCUT2D eigenvalue weighted by Crippen LogP contribution is 2.07. The van der Waals surface area contributed by atoms with Crippen molar-refractivity contribution in [2.24, 2.45) is 0 Å². The fraction of sp³-hybridized carbons (Fsp3) is 0.818. The van der Waals surface area contributed by atoms with Gasteiger partial charge >= 0.3 is 12.2 Å². The third-order valence-electron chi connectivity index (χ3n) is 1.41. The highest BCUT2D eigenvalue weighted by Gasteiger charge is 2.21. The van der Waals surface area contributed by atoms with Gasteiger partial charge in [-0.25, -0.2) is 9.59 Å². The van der Waals surface area contributed by atoms with E-state index in [1.165, 1.54) is 0 Å². The van der Waals surface area contributed by atoms with Gasteiger partial charge in [-0.2, -0.15) is 0 Å². The molecule has 9 heteroatoms. The van der Waals surface area contributed by atoms with E-state index in [2.05, 4.69) is 14.8 Å². The van der Waals surface area contributed by atoms with Crippen LogP contribution in [-0.4, -0.2) is 34.6 Å². The van der Waals surface area contributed by atoms with Crippen LogP contribution in [0.5, 0.6) is 0 Å². The van der Waals surface area contributed by atoms with Crippen molar-refractivity contribution in [2.75, 3.05) is 6.67 Å². The second-order valence-corrected chi connectivity index (χ2v) is 6.90. The number of nitrogens with one attached hydrogen (secondary N) is 3. The molecule has 0 saturated carbocycles. The molecule has 0 aromatic rings. The molecule has 0 radical (unpaired) electrons. The summed E-state index contributed by atoms with van der Waals surface area (Å²) in [5, 5.41) is 2.33. The minimum absolute atomic E-state index is 0.128. The second-order valence-electron chi connectivity index (χ2n) is 5.87. The molecule has 8 nitrogen and oxygen atoms in total. The number of carbonyl (C=O) groups excluding carboxylic acids is 2. The second kappa shape index (κ2) is 7.55. The van der Waals surface area contributed by atoms with Crippen LogP contribution in [-0.2, 0) is 21.0 Å². The van der Waals surface area contributed by atoms with Crippen LogP contribution in [0.1, 0.15) is 41.5 Å². The van der Waals surface area contributed by atoms with Gasteiger partial charge in [-0.1, -0.05) is 4.72 Å². The fourth-order valence-electron chi connectivity index (χ4n) is 0.899. The zero-order valence-corrected chi connectivity index (χ0v) is 13.5. The minimum Gasteiger partial charge on any atom is -0.573 e. The molecule has 0 rings (SSSR count). The lowest BCUT2D eigenvalue weighted by molar-refractivity contribution is 0.0526. The Morgan fingerprint density at radius 2 is 1.45 bits per heavy atom. The van der Waals surface area contributed by atoms with Crippen LogP contribution >= 0.6 is 0 Å². The highest BCUT2D eigenvalue weighted by atomic mass is 32.2. The van der Waals surface area contributed by atoms with E-state index in [0.717, 1.165) is 0 Å². The summed E-state index contributed by atoms with van der Waals surface area (Å²) in [6, 6.07) is 0. The Labute approximate surface area is 122 Å². The SMILES string of the molecule is CC(C)(C)OC(=O)NCN[S+]([O-])NC(=O)OC(C)(C)C. The van der Waals surface area contributed by atoms with E-state index in [0.29, 0.717) is 0 Å². The van der Waals surface area contributed by atoms with E-state index >= 15 is 0 Å². The summed E-state index contributed by atoms with van der Waals surface area (Å²) in [5.74, 6) is 0. The van der Waals surface area contributed by atoms with Crippen molar-refractivity contribution >= 4 is 23.7 Å². The van der Waals surface area contributed by atoms with E-state index in [1.54, 1.807) is 41.5 Å². The van der Waals surface area contributed by atoms with Gasteiger partial charge in [-0.3, -0.25) is 0 Å². The molecule has 0 aromatic heterocycles. The summed E-state index contributed by atoms with van der Waals surface area (Å²) in [4.78, 5) is 22.5. The van der Waals surface area contributed by atoms with Crippen molar-refractivity contribution in [3.63, 3.8) is 0 Å². The lowest BCUT2D eigenvalue weighted by atomic mass is 10.2. The number of hydrogen-bond donors (Lipinski definition) is 3. The third-order valence-corrected chi connectivity index (χ3v) is 2.17. The topological polar surface area (TPSA) is 112 Å². The van der Waals surface area contributed by atoms with Gasteiger partial charge in [-0.15, -0.1) is 4.72 Å². The first-order chi connectivity index (χ1) is 8.89. The van der Waals surface area contributed by atoms with Gasteiger partial charge in [0.1, 0.15) is 17.9 Å². The summed E-state index contributed by atoms with van der Waals surface area (Å²) in [7, 11) is 0. The Kier molecular flexibility index (Phi) is 7.11. The normalized spacial score (nSPS) is 13.3. The van der Waals surface area contributed by atoms with Gasteiger partial charge in [0.25, 0.3) is 0 Å². The molecule has 0 fully saturated rings. The molecule has 0 aliphatic heterocycles. The van der Waals surface area contributed by atoms with Crippen LogP contribution in [0.4, 0.5) is 9.59 Å². The molecule has 3 N–H and O–H groups in total. The van der Waals surface area contributed by atoms with E-state index in [1.807, 2.05) is 0 Å². The summed E-state index contributed by atoms with van der Waals surface area (Å²) < 4.78 is 25.7. The van der Waals surface area contributed by atoms with Gasteiger partial charge in [0.05, 0.1) is 0 Å². The van der Waals surface area contributed by atoms with Gasteiger partial charge in [0.15, 0.2) is 11.5 Å². The zero-order chi connectivity index (χ0) is 16.0. The molecular formula is C11H23N3O5S. The maximum Gasteiger partial charge on any atom is 0.451 e. The van der Waals surface area contributed by atoms with E-state index in [-0.39, 0.29) is 6.67 Å². The Balaban J connectivity index is 3.87. The zero-order valence-electron chi connectivity index (χ0n) is 12.7. The molecule has 1 unspecified atom stereocenters. The number of carbonyl (C=O) groups is 2. The van der Waals surface area contributed by atoms with Crippen molar-refractivity contribution in [1.29, 1.82) is 0 Å². The number of alkyl carbamates (subject to hydrolysis) is 1. The van der Waals surface area contributed by atoms with Gasteiger partial charge < -0.3 is 19.3 Å². The maximum absolute atomic E-state index is 11.4. The fourth-order valence-corrected chi connectivity index (χ4v) is 1.37. The molecular weight excluding hydrogens is 286 g/mol. The molecule has 0 aliphatic rings. The average molecular weight is 309 g/mol. The lowest BCUT2D eigenvalue weighted by Gasteiger charge is -2.20. The van der Waals surface area contributed by atoms with Gasteiger partial charge in [-0.05, 0) is 41.5 Å². The first-order valence-corrected chi connectivity index (χ1v) is 7.16. The maximum atomic E-state index is 11.4. The molecule has 118 valence electrons. The van der Waals surface area contributed by atoms with Crippen molar-refractivity contribution in [1.82, 2.24) is 14.8 Å². The molecule has 0 saturated heterocycles. The van der Waals surface area contributed by atoms with Crippen LogP contribution in [0.3, 0.4) is 0 Å². The smallest absolute Gasteiger partial charge is 0.451 e. The van der Waals surface area contributed by atoms with Gasteiger partial charge in [0.2, 0.25) is 0 Å². The monoisotopic (exact) mass is 309 g/mol.